The molecule has 1 saturated carbocycles. The second kappa shape index (κ2) is 6.85. The molecule has 0 radical (unpaired) electrons. The average Bonchev–Trinajstić information content (AvgIpc) is 2.40. The highest BCUT2D eigenvalue weighted by Gasteiger charge is 2.16. The van der Waals surface area contributed by atoms with Crippen LogP contribution in [0.4, 0.5) is 4.79 Å². The van der Waals surface area contributed by atoms with Crippen LogP contribution in [-0.4, -0.2) is 18.4 Å². The minimum atomic E-state index is -0.330. The summed E-state index contributed by atoms with van der Waals surface area (Å²) in [6, 6.07) is 6.03. The van der Waals surface area contributed by atoms with Gasteiger partial charge in [-0.1, -0.05) is 19.3 Å². The lowest BCUT2D eigenvalue weighted by molar-refractivity contribution is 0.192. The largest absolute Gasteiger partial charge is 0.412 e. The molecule has 0 bridgehead atoms. The van der Waals surface area contributed by atoms with Crippen molar-refractivity contribution in [2.45, 2.75) is 50.0 Å². The summed E-state index contributed by atoms with van der Waals surface area (Å²) in [5.74, 6) is 0.614. The van der Waals surface area contributed by atoms with Gasteiger partial charge >= 0.3 is 6.09 Å². The van der Waals surface area contributed by atoms with Crippen molar-refractivity contribution in [3.8, 4) is 5.75 Å². The van der Waals surface area contributed by atoms with Gasteiger partial charge in [-0.15, -0.1) is 11.8 Å². The van der Waals surface area contributed by atoms with Gasteiger partial charge in [0, 0.05) is 10.9 Å². The summed E-state index contributed by atoms with van der Waals surface area (Å²) in [4.78, 5) is 13.0. The number of aryl methyl sites for hydroxylation is 1. The van der Waals surface area contributed by atoms with Gasteiger partial charge in [0.25, 0.3) is 0 Å². The van der Waals surface area contributed by atoms with Gasteiger partial charge in [-0.25, -0.2) is 4.79 Å². The van der Waals surface area contributed by atoms with E-state index in [4.69, 9.17) is 4.74 Å². The quantitative estimate of drug-likeness (QED) is 0.845. The molecule has 0 heterocycles. The second-order valence-corrected chi connectivity index (χ2v) is 5.85. The Labute approximate surface area is 119 Å². The topological polar surface area (TPSA) is 38.3 Å². The third-order valence-electron chi connectivity index (χ3n) is 3.50. The van der Waals surface area contributed by atoms with Gasteiger partial charge in [-0.2, -0.15) is 0 Å². The van der Waals surface area contributed by atoms with Gasteiger partial charge in [-0.3, -0.25) is 0 Å². The number of ether oxygens (including phenoxy) is 1. The molecule has 3 nitrogen and oxygen atoms in total. The van der Waals surface area contributed by atoms with Crippen molar-refractivity contribution in [2.24, 2.45) is 0 Å². The number of carbonyl (C=O) groups excluding carboxylic acids is 1. The number of hydrogen-bond acceptors (Lipinski definition) is 3. The zero-order valence-corrected chi connectivity index (χ0v) is 12.4. The van der Waals surface area contributed by atoms with Crippen LogP contribution in [0.2, 0.25) is 0 Å². The summed E-state index contributed by atoms with van der Waals surface area (Å²) in [6.07, 6.45) is 7.53. The Morgan fingerprint density at radius 3 is 2.68 bits per heavy atom. The van der Waals surface area contributed by atoms with E-state index in [2.05, 4.69) is 5.32 Å². The zero-order valence-electron chi connectivity index (χ0n) is 11.6. The van der Waals surface area contributed by atoms with E-state index < -0.39 is 0 Å². The number of amides is 1. The van der Waals surface area contributed by atoms with Crippen LogP contribution in [0.25, 0.3) is 0 Å². The number of rotatable bonds is 3. The van der Waals surface area contributed by atoms with Crippen molar-refractivity contribution >= 4 is 17.9 Å². The first kappa shape index (κ1) is 14.3. The smallest absolute Gasteiger partial charge is 0.410 e. The Morgan fingerprint density at radius 1 is 1.32 bits per heavy atom. The number of carbonyl (C=O) groups is 1. The maximum Gasteiger partial charge on any atom is 0.412 e. The summed E-state index contributed by atoms with van der Waals surface area (Å²) in [5.41, 5.74) is 1.13. The Hall–Kier alpha value is -1.16. The number of nitrogens with one attached hydrogen (secondary N) is 1. The Kier molecular flexibility index (Phi) is 5.14. The lowest BCUT2D eigenvalue weighted by Gasteiger charge is -2.22. The summed E-state index contributed by atoms with van der Waals surface area (Å²) in [6.45, 7) is 2.03. The van der Waals surface area contributed by atoms with E-state index >= 15 is 0 Å². The molecule has 1 aliphatic rings. The second-order valence-electron chi connectivity index (χ2n) is 5.00. The minimum Gasteiger partial charge on any atom is -0.410 e. The molecule has 1 N–H and O–H groups in total. The van der Waals surface area contributed by atoms with E-state index in [9.17, 15) is 4.79 Å². The van der Waals surface area contributed by atoms with Crippen molar-refractivity contribution in [2.75, 3.05) is 6.26 Å². The maximum absolute atomic E-state index is 11.8. The van der Waals surface area contributed by atoms with E-state index in [1.165, 1.54) is 24.2 Å². The molecule has 104 valence electrons. The molecule has 2 rings (SSSR count). The van der Waals surface area contributed by atoms with E-state index in [0.717, 1.165) is 18.4 Å². The van der Waals surface area contributed by atoms with Gasteiger partial charge in [0.1, 0.15) is 5.75 Å². The molecule has 19 heavy (non-hydrogen) atoms. The molecule has 0 saturated heterocycles. The molecule has 1 aromatic rings. The number of hydrogen-bond donors (Lipinski definition) is 1. The number of benzene rings is 1. The summed E-state index contributed by atoms with van der Waals surface area (Å²) < 4.78 is 5.34. The fourth-order valence-electron chi connectivity index (χ4n) is 2.46. The van der Waals surface area contributed by atoms with Crippen LogP contribution in [-0.2, 0) is 0 Å². The van der Waals surface area contributed by atoms with Crippen LogP contribution in [0, 0.1) is 6.92 Å². The zero-order chi connectivity index (χ0) is 13.7. The van der Waals surface area contributed by atoms with Crippen LogP contribution in [0.3, 0.4) is 0 Å². The normalized spacial score (nSPS) is 16.1. The van der Waals surface area contributed by atoms with Crippen molar-refractivity contribution in [1.29, 1.82) is 0 Å². The van der Waals surface area contributed by atoms with Gasteiger partial charge in [-0.05, 0) is 49.8 Å². The van der Waals surface area contributed by atoms with E-state index in [0.29, 0.717) is 5.75 Å². The highest BCUT2D eigenvalue weighted by Crippen LogP contribution is 2.24. The standard InChI is InChI=1S/C15H21NO2S/c1-11-10-13(8-9-14(11)19-2)18-15(17)16-12-6-4-3-5-7-12/h8-10,12H,3-7H2,1-2H3,(H,16,17). The average molecular weight is 279 g/mol. The van der Waals surface area contributed by atoms with E-state index in [1.54, 1.807) is 11.8 Å². The molecule has 0 atom stereocenters. The Morgan fingerprint density at radius 2 is 2.05 bits per heavy atom. The molecule has 1 fully saturated rings. The molecule has 0 spiro atoms. The maximum atomic E-state index is 11.8. The fourth-order valence-corrected chi connectivity index (χ4v) is 3.05. The number of thioether (sulfide) groups is 1. The molecule has 4 heteroatoms. The molecule has 0 unspecified atom stereocenters. The van der Waals surface area contributed by atoms with Crippen molar-refractivity contribution in [1.82, 2.24) is 5.32 Å². The predicted octanol–water partition coefficient (Wildman–Crippen LogP) is 4.14. The molecule has 0 aliphatic heterocycles. The van der Waals surface area contributed by atoms with Gasteiger partial charge in [0.2, 0.25) is 0 Å². The minimum absolute atomic E-state index is 0.285. The Bertz CT molecular complexity index is 442. The summed E-state index contributed by atoms with van der Waals surface area (Å²) in [7, 11) is 0. The van der Waals surface area contributed by atoms with Crippen molar-refractivity contribution < 1.29 is 9.53 Å². The molecule has 1 amide bonds. The summed E-state index contributed by atoms with van der Waals surface area (Å²) >= 11 is 1.70. The van der Waals surface area contributed by atoms with Crippen LogP contribution >= 0.6 is 11.8 Å². The molecule has 1 aliphatic carbocycles. The Balaban J connectivity index is 1.89. The van der Waals surface area contributed by atoms with Crippen molar-refractivity contribution in [3.63, 3.8) is 0 Å². The third kappa shape index (κ3) is 4.16. The highest BCUT2D eigenvalue weighted by atomic mass is 32.2. The predicted molar refractivity (Wildman–Crippen MR) is 79.0 cm³/mol. The third-order valence-corrected chi connectivity index (χ3v) is 4.40. The van der Waals surface area contributed by atoms with Crippen LogP contribution in [0.1, 0.15) is 37.7 Å². The lowest BCUT2D eigenvalue weighted by Crippen LogP contribution is -2.38. The van der Waals surface area contributed by atoms with Gasteiger partial charge in [0.15, 0.2) is 0 Å². The molecular weight excluding hydrogens is 258 g/mol. The first-order valence-electron chi connectivity index (χ1n) is 6.82. The first-order chi connectivity index (χ1) is 9.19. The molecule has 0 aromatic heterocycles. The van der Waals surface area contributed by atoms with Crippen LogP contribution in [0.15, 0.2) is 23.1 Å². The highest BCUT2D eigenvalue weighted by molar-refractivity contribution is 7.98. The van der Waals surface area contributed by atoms with Crippen molar-refractivity contribution in [3.05, 3.63) is 23.8 Å². The SMILES string of the molecule is CSc1ccc(OC(=O)NC2CCCCC2)cc1C. The molecule has 1 aromatic carbocycles. The van der Waals surface area contributed by atoms with Gasteiger partial charge in [0.05, 0.1) is 0 Å². The van der Waals surface area contributed by atoms with Gasteiger partial charge < -0.3 is 10.1 Å². The van der Waals surface area contributed by atoms with E-state index in [1.807, 2.05) is 31.4 Å². The molecular formula is C15H21NO2S. The summed E-state index contributed by atoms with van der Waals surface area (Å²) in [5, 5.41) is 2.95. The van der Waals surface area contributed by atoms with Crippen LogP contribution < -0.4 is 10.1 Å². The lowest BCUT2D eigenvalue weighted by atomic mass is 9.96. The fraction of sp³-hybridized carbons (Fsp3) is 0.533. The monoisotopic (exact) mass is 279 g/mol. The van der Waals surface area contributed by atoms with E-state index in [-0.39, 0.29) is 12.1 Å². The van der Waals surface area contributed by atoms with Crippen LogP contribution in [0.5, 0.6) is 5.75 Å². The first-order valence-corrected chi connectivity index (χ1v) is 8.04.